The van der Waals surface area contributed by atoms with Gasteiger partial charge < -0.3 is 5.73 Å². The van der Waals surface area contributed by atoms with E-state index in [9.17, 15) is 0 Å². The summed E-state index contributed by atoms with van der Waals surface area (Å²) in [6.07, 6.45) is 11.2. The summed E-state index contributed by atoms with van der Waals surface area (Å²) in [5.74, 6) is 1.63. The minimum Gasteiger partial charge on any atom is -0.327 e. The lowest BCUT2D eigenvalue weighted by Gasteiger charge is -2.44. The van der Waals surface area contributed by atoms with E-state index in [0.29, 0.717) is 6.04 Å². The largest absolute Gasteiger partial charge is 0.327 e. The molecule has 0 saturated heterocycles. The van der Waals surface area contributed by atoms with Crippen molar-refractivity contribution in [3.63, 3.8) is 0 Å². The van der Waals surface area contributed by atoms with Crippen LogP contribution in [0.25, 0.3) is 0 Å². The van der Waals surface area contributed by atoms with E-state index in [0.717, 1.165) is 11.8 Å². The van der Waals surface area contributed by atoms with Gasteiger partial charge in [-0.25, -0.2) is 0 Å². The van der Waals surface area contributed by atoms with E-state index in [1.807, 2.05) is 5.57 Å². The van der Waals surface area contributed by atoms with Crippen LogP contribution in [-0.4, -0.2) is 6.04 Å². The van der Waals surface area contributed by atoms with Gasteiger partial charge in [0.15, 0.2) is 0 Å². The molecule has 3 rings (SSSR count). The van der Waals surface area contributed by atoms with Crippen LogP contribution in [0, 0.1) is 11.8 Å². The molecule has 2 bridgehead atoms. The second-order valence-electron chi connectivity index (χ2n) is 5.41. The predicted octanol–water partition coefficient (Wildman–Crippen LogP) is 3.00. The molecule has 3 atom stereocenters. The zero-order valence-corrected chi connectivity index (χ0v) is 8.97. The van der Waals surface area contributed by atoms with Gasteiger partial charge in [0.1, 0.15) is 0 Å². The summed E-state index contributed by atoms with van der Waals surface area (Å²) in [5, 5.41) is 0. The van der Waals surface area contributed by atoms with Crippen LogP contribution < -0.4 is 5.73 Å². The van der Waals surface area contributed by atoms with E-state index in [2.05, 4.69) is 0 Å². The Hall–Kier alpha value is -0.300. The third-order valence-corrected chi connectivity index (χ3v) is 4.68. The van der Waals surface area contributed by atoms with Gasteiger partial charge >= 0.3 is 0 Å². The first-order valence-electron chi connectivity index (χ1n) is 6.32. The second kappa shape index (κ2) is 3.37. The Labute approximate surface area is 86.8 Å². The molecule has 3 aliphatic carbocycles. The molecule has 1 fully saturated rings. The quantitative estimate of drug-likeness (QED) is 0.585. The fourth-order valence-corrected chi connectivity index (χ4v) is 3.95. The van der Waals surface area contributed by atoms with E-state index < -0.39 is 0 Å². The number of hydrogen-bond donors (Lipinski definition) is 1. The Morgan fingerprint density at radius 1 is 1.00 bits per heavy atom. The van der Waals surface area contributed by atoms with Crippen molar-refractivity contribution in [3.05, 3.63) is 11.1 Å². The third kappa shape index (κ3) is 1.25. The van der Waals surface area contributed by atoms with Crippen molar-refractivity contribution in [3.8, 4) is 0 Å². The average molecular weight is 191 g/mol. The number of rotatable bonds is 0. The summed E-state index contributed by atoms with van der Waals surface area (Å²) in [4.78, 5) is 0. The van der Waals surface area contributed by atoms with Gasteiger partial charge in [0.2, 0.25) is 0 Å². The average Bonchev–Trinajstić information content (AvgIpc) is 2.18. The summed E-state index contributed by atoms with van der Waals surface area (Å²) >= 11 is 0. The van der Waals surface area contributed by atoms with Crippen LogP contribution in [0.4, 0.5) is 0 Å². The molecule has 14 heavy (non-hydrogen) atoms. The molecule has 0 unspecified atom stereocenters. The van der Waals surface area contributed by atoms with Crippen molar-refractivity contribution in [2.75, 3.05) is 0 Å². The molecule has 0 aliphatic heterocycles. The molecule has 1 nitrogen and oxygen atoms in total. The molecule has 0 aromatic rings. The Balaban J connectivity index is 1.95. The van der Waals surface area contributed by atoms with Gasteiger partial charge in [-0.05, 0) is 56.8 Å². The topological polar surface area (TPSA) is 26.0 Å². The van der Waals surface area contributed by atoms with Gasteiger partial charge in [0.05, 0.1) is 0 Å². The first kappa shape index (κ1) is 8.96. The molecule has 0 amide bonds. The van der Waals surface area contributed by atoms with Crippen molar-refractivity contribution < 1.29 is 0 Å². The van der Waals surface area contributed by atoms with Gasteiger partial charge in [-0.1, -0.05) is 17.6 Å². The molecular weight excluding hydrogens is 170 g/mol. The Morgan fingerprint density at radius 3 is 2.79 bits per heavy atom. The minimum absolute atomic E-state index is 0.514. The normalized spacial score (nSPS) is 42.2. The van der Waals surface area contributed by atoms with Crippen molar-refractivity contribution >= 4 is 0 Å². The number of hydrogen-bond acceptors (Lipinski definition) is 1. The zero-order chi connectivity index (χ0) is 9.54. The fourth-order valence-electron chi connectivity index (χ4n) is 3.95. The number of allylic oxidation sites excluding steroid dienone is 1. The van der Waals surface area contributed by atoms with E-state index in [1.54, 1.807) is 5.57 Å². The fraction of sp³-hybridized carbons (Fsp3) is 0.846. The van der Waals surface area contributed by atoms with Crippen LogP contribution in [0.3, 0.4) is 0 Å². The highest BCUT2D eigenvalue weighted by Crippen LogP contribution is 2.47. The predicted molar refractivity (Wildman–Crippen MR) is 58.9 cm³/mol. The molecule has 78 valence electrons. The highest BCUT2D eigenvalue weighted by atomic mass is 14.7. The van der Waals surface area contributed by atoms with Gasteiger partial charge in [0.25, 0.3) is 0 Å². The van der Waals surface area contributed by atoms with Gasteiger partial charge in [0, 0.05) is 6.04 Å². The first-order valence-corrected chi connectivity index (χ1v) is 6.32. The molecule has 0 heterocycles. The Kier molecular flexibility index (Phi) is 2.16. The minimum atomic E-state index is 0.514. The van der Waals surface area contributed by atoms with Gasteiger partial charge in [-0.2, -0.15) is 0 Å². The maximum atomic E-state index is 6.36. The molecule has 0 aromatic carbocycles. The van der Waals surface area contributed by atoms with Crippen LogP contribution in [0.1, 0.15) is 51.4 Å². The molecule has 0 radical (unpaired) electrons. The summed E-state index contributed by atoms with van der Waals surface area (Å²) in [6.45, 7) is 0. The van der Waals surface area contributed by atoms with Crippen molar-refractivity contribution in [2.24, 2.45) is 17.6 Å². The Bertz CT molecular complexity index is 266. The third-order valence-electron chi connectivity index (χ3n) is 4.68. The lowest BCUT2D eigenvalue weighted by atomic mass is 9.63. The van der Waals surface area contributed by atoms with Crippen LogP contribution in [-0.2, 0) is 0 Å². The molecule has 1 heteroatoms. The maximum absolute atomic E-state index is 6.36. The maximum Gasteiger partial charge on any atom is 0.0136 e. The molecule has 2 N–H and O–H groups in total. The van der Waals surface area contributed by atoms with Crippen LogP contribution >= 0.6 is 0 Å². The van der Waals surface area contributed by atoms with Crippen LogP contribution in [0.2, 0.25) is 0 Å². The summed E-state index contributed by atoms with van der Waals surface area (Å²) in [6, 6.07) is 0.514. The van der Waals surface area contributed by atoms with Crippen molar-refractivity contribution in [1.29, 1.82) is 0 Å². The lowest BCUT2D eigenvalue weighted by Crippen LogP contribution is -2.45. The smallest absolute Gasteiger partial charge is 0.0136 e. The Morgan fingerprint density at radius 2 is 1.86 bits per heavy atom. The number of fused-ring (bicyclic) bond motifs is 3. The van der Waals surface area contributed by atoms with Crippen molar-refractivity contribution in [2.45, 2.75) is 57.4 Å². The summed E-state index contributed by atoms with van der Waals surface area (Å²) in [7, 11) is 0. The lowest BCUT2D eigenvalue weighted by molar-refractivity contribution is 0.213. The molecule has 0 spiro atoms. The highest BCUT2D eigenvalue weighted by molar-refractivity contribution is 5.26. The molecule has 0 aromatic heterocycles. The first-order chi connectivity index (χ1) is 6.86. The monoisotopic (exact) mass is 191 g/mol. The van der Waals surface area contributed by atoms with E-state index in [1.165, 1.54) is 51.4 Å². The molecule has 3 aliphatic rings. The standard InChI is InChI=1S/C13H21N/c14-13-10-5-3-7-12(13)11-6-2-1-4-9(11)8-10/h10,12-13H,1-8,14H2/t10-,12-,13-/m0/s1. The number of nitrogens with two attached hydrogens (primary N) is 1. The van der Waals surface area contributed by atoms with Crippen molar-refractivity contribution in [1.82, 2.24) is 0 Å². The van der Waals surface area contributed by atoms with E-state index in [-0.39, 0.29) is 0 Å². The van der Waals surface area contributed by atoms with Crippen LogP contribution in [0.15, 0.2) is 11.1 Å². The SMILES string of the molecule is N[C@H]1[C@H]2CCC[C@H]1C1=C(CCCC1)C2. The second-order valence-corrected chi connectivity index (χ2v) is 5.41. The van der Waals surface area contributed by atoms with E-state index >= 15 is 0 Å². The van der Waals surface area contributed by atoms with E-state index in [4.69, 9.17) is 5.73 Å². The zero-order valence-electron chi connectivity index (χ0n) is 8.97. The summed E-state index contributed by atoms with van der Waals surface area (Å²) < 4.78 is 0. The van der Waals surface area contributed by atoms with Gasteiger partial charge in [-0.3, -0.25) is 0 Å². The molecule has 1 saturated carbocycles. The molecular formula is C13H21N. The highest BCUT2D eigenvalue weighted by Gasteiger charge is 2.38. The van der Waals surface area contributed by atoms with Gasteiger partial charge in [-0.15, -0.1) is 0 Å². The van der Waals surface area contributed by atoms with Crippen LogP contribution in [0.5, 0.6) is 0 Å². The summed E-state index contributed by atoms with van der Waals surface area (Å²) in [5.41, 5.74) is 9.99.